The van der Waals surface area contributed by atoms with E-state index >= 15 is 0 Å². The van der Waals surface area contributed by atoms with Gasteiger partial charge in [-0.05, 0) is 48.1 Å². The molecule has 6 heteroatoms. The summed E-state index contributed by atoms with van der Waals surface area (Å²) >= 11 is 1.65. The van der Waals surface area contributed by atoms with Gasteiger partial charge in [-0.1, -0.05) is 18.2 Å². The van der Waals surface area contributed by atoms with Crippen molar-refractivity contribution >= 4 is 28.8 Å². The van der Waals surface area contributed by atoms with E-state index in [1.54, 1.807) is 11.3 Å². The maximum absolute atomic E-state index is 12.7. The summed E-state index contributed by atoms with van der Waals surface area (Å²) in [4.78, 5) is 26.7. The molecule has 5 nitrogen and oxygen atoms in total. The van der Waals surface area contributed by atoms with E-state index in [1.807, 2.05) is 43.7 Å². The van der Waals surface area contributed by atoms with Crippen LogP contribution < -0.4 is 10.6 Å². The number of carbonyl (C=O) groups excluding carboxylic acids is 2. The molecule has 0 radical (unpaired) electrons. The molecule has 2 N–H and O–H groups in total. The average molecular weight is 343 g/mol. The van der Waals surface area contributed by atoms with Gasteiger partial charge in [0.25, 0.3) is 0 Å². The number of thiophene rings is 1. The molecule has 0 aliphatic carbocycles. The van der Waals surface area contributed by atoms with Crippen LogP contribution in [0.3, 0.4) is 0 Å². The Bertz CT molecular complexity index is 728. The van der Waals surface area contributed by atoms with E-state index in [1.165, 1.54) is 5.56 Å². The fourth-order valence-corrected chi connectivity index (χ4v) is 3.74. The van der Waals surface area contributed by atoms with Gasteiger partial charge in [0, 0.05) is 18.7 Å². The van der Waals surface area contributed by atoms with Crippen LogP contribution in [-0.4, -0.2) is 37.4 Å². The lowest BCUT2D eigenvalue weighted by molar-refractivity contribution is -0.126. The summed E-state index contributed by atoms with van der Waals surface area (Å²) in [7, 11) is 4.00. The summed E-state index contributed by atoms with van der Waals surface area (Å²) in [5, 5.41) is 9.99. The molecule has 2 atom stereocenters. The Hall–Kier alpha value is -2.18. The fourth-order valence-electron chi connectivity index (χ4n) is 3.03. The minimum absolute atomic E-state index is 0.0978. The summed E-state index contributed by atoms with van der Waals surface area (Å²) in [6.07, 6.45) is 0.188. The fraction of sp³-hybridized carbons (Fsp3) is 0.333. The average Bonchev–Trinajstić information content (AvgIpc) is 3.07. The largest absolute Gasteiger partial charge is 0.354 e. The molecule has 2 amide bonds. The van der Waals surface area contributed by atoms with E-state index in [4.69, 9.17) is 0 Å². The molecule has 24 heavy (non-hydrogen) atoms. The molecule has 1 aliphatic rings. The van der Waals surface area contributed by atoms with Crippen LogP contribution in [0.4, 0.5) is 5.69 Å². The molecule has 0 saturated heterocycles. The van der Waals surface area contributed by atoms with Gasteiger partial charge in [-0.15, -0.1) is 0 Å². The SMILES string of the molecule is CN(C)[C@H](CNC(=O)[C@H]1CC(=O)Nc2ccccc21)c1ccsc1. The molecule has 3 rings (SSSR count). The van der Waals surface area contributed by atoms with Crippen LogP contribution in [0.1, 0.15) is 29.5 Å². The van der Waals surface area contributed by atoms with Crippen molar-refractivity contribution in [2.24, 2.45) is 0 Å². The Kier molecular flexibility index (Phi) is 4.97. The number of benzene rings is 1. The molecular formula is C18H21N3O2S. The highest BCUT2D eigenvalue weighted by Crippen LogP contribution is 2.32. The molecule has 2 aromatic rings. The Labute approximate surface area is 145 Å². The number of nitrogens with zero attached hydrogens (tertiary/aromatic N) is 1. The van der Waals surface area contributed by atoms with Gasteiger partial charge >= 0.3 is 0 Å². The summed E-state index contributed by atoms with van der Waals surface area (Å²) < 4.78 is 0. The van der Waals surface area contributed by atoms with Gasteiger partial charge in [-0.3, -0.25) is 9.59 Å². The van der Waals surface area contributed by atoms with Gasteiger partial charge < -0.3 is 15.5 Å². The number of hydrogen-bond acceptors (Lipinski definition) is 4. The second-order valence-electron chi connectivity index (χ2n) is 6.17. The predicted octanol–water partition coefficient (Wildman–Crippen LogP) is 2.59. The lowest BCUT2D eigenvalue weighted by atomic mass is 9.89. The van der Waals surface area contributed by atoms with E-state index < -0.39 is 5.92 Å². The molecular weight excluding hydrogens is 322 g/mol. The van der Waals surface area contributed by atoms with Crippen LogP contribution >= 0.6 is 11.3 Å². The molecule has 0 fully saturated rings. The number of fused-ring (bicyclic) bond motifs is 1. The number of likely N-dealkylation sites (N-methyl/N-ethyl adjacent to an activating group) is 1. The topological polar surface area (TPSA) is 61.4 Å². The Morgan fingerprint density at radius 1 is 1.38 bits per heavy atom. The van der Waals surface area contributed by atoms with E-state index in [-0.39, 0.29) is 24.3 Å². The number of para-hydroxylation sites is 1. The highest BCUT2D eigenvalue weighted by Gasteiger charge is 2.30. The molecule has 0 saturated carbocycles. The van der Waals surface area contributed by atoms with Gasteiger partial charge in [-0.25, -0.2) is 0 Å². The first-order chi connectivity index (χ1) is 11.6. The van der Waals surface area contributed by atoms with E-state index in [0.717, 1.165) is 11.3 Å². The number of carbonyl (C=O) groups is 2. The zero-order valence-electron chi connectivity index (χ0n) is 13.8. The smallest absolute Gasteiger partial charge is 0.228 e. The van der Waals surface area contributed by atoms with Crippen molar-refractivity contribution in [3.8, 4) is 0 Å². The van der Waals surface area contributed by atoms with Gasteiger partial charge in [0.15, 0.2) is 0 Å². The molecule has 0 spiro atoms. The predicted molar refractivity (Wildman–Crippen MR) is 96.2 cm³/mol. The van der Waals surface area contributed by atoms with Crippen LogP contribution in [0, 0.1) is 0 Å². The first kappa shape index (κ1) is 16.7. The van der Waals surface area contributed by atoms with Crippen molar-refractivity contribution in [2.75, 3.05) is 26.0 Å². The number of hydrogen-bond donors (Lipinski definition) is 2. The number of rotatable bonds is 5. The Morgan fingerprint density at radius 2 is 2.17 bits per heavy atom. The van der Waals surface area contributed by atoms with Crippen molar-refractivity contribution in [2.45, 2.75) is 18.4 Å². The molecule has 1 aliphatic heterocycles. The summed E-state index contributed by atoms with van der Waals surface area (Å²) in [5.41, 5.74) is 2.80. The van der Waals surface area contributed by atoms with Crippen molar-refractivity contribution in [1.29, 1.82) is 0 Å². The van der Waals surface area contributed by atoms with Crippen LogP contribution in [-0.2, 0) is 9.59 Å². The molecule has 2 heterocycles. The van der Waals surface area contributed by atoms with E-state index in [2.05, 4.69) is 27.0 Å². The maximum atomic E-state index is 12.7. The first-order valence-electron chi connectivity index (χ1n) is 7.91. The van der Waals surface area contributed by atoms with Crippen molar-refractivity contribution < 1.29 is 9.59 Å². The van der Waals surface area contributed by atoms with Gasteiger partial charge in [0.1, 0.15) is 0 Å². The van der Waals surface area contributed by atoms with Crippen LogP contribution in [0.2, 0.25) is 0 Å². The van der Waals surface area contributed by atoms with E-state index in [9.17, 15) is 9.59 Å². The second kappa shape index (κ2) is 7.15. The van der Waals surface area contributed by atoms with Crippen LogP contribution in [0.5, 0.6) is 0 Å². The highest BCUT2D eigenvalue weighted by atomic mass is 32.1. The lowest BCUT2D eigenvalue weighted by Gasteiger charge is -2.27. The van der Waals surface area contributed by atoms with Gasteiger partial charge in [0.2, 0.25) is 11.8 Å². The summed E-state index contributed by atoms with van der Waals surface area (Å²) in [6.45, 7) is 0.517. The van der Waals surface area contributed by atoms with Crippen molar-refractivity contribution in [3.05, 3.63) is 52.2 Å². The minimum atomic E-state index is -0.430. The van der Waals surface area contributed by atoms with Crippen LogP contribution in [0.25, 0.3) is 0 Å². The van der Waals surface area contributed by atoms with Crippen LogP contribution in [0.15, 0.2) is 41.1 Å². The van der Waals surface area contributed by atoms with Gasteiger partial charge in [-0.2, -0.15) is 11.3 Å². The Morgan fingerprint density at radius 3 is 2.88 bits per heavy atom. The Balaban J connectivity index is 1.72. The molecule has 0 unspecified atom stereocenters. The normalized spacial score (nSPS) is 18.0. The number of anilines is 1. The first-order valence-corrected chi connectivity index (χ1v) is 8.85. The zero-order chi connectivity index (χ0) is 17.1. The third kappa shape index (κ3) is 3.49. The number of amides is 2. The molecule has 1 aromatic heterocycles. The third-order valence-electron chi connectivity index (χ3n) is 4.34. The lowest BCUT2D eigenvalue weighted by Crippen LogP contribution is -2.39. The highest BCUT2D eigenvalue weighted by molar-refractivity contribution is 7.07. The molecule has 0 bridgehead atoms. The number of nitrogens with one attached hydrogen (secondary N) is 2. The van der Waals surface area contributed by atoms with E-state index in [0.29, 0.717) is 6.54 Å². The third-order valence-corrected chi connectivity index (χ3v) is 5.04. The standard InChI is InChI=1S/C18H21N3O2S/c1-21(2)16(12-7-8-24-11-12)10-19-18(23)14-9-17(22)20-15-6-4-3-5-13(14)15/h3-8,11,14,16H,9-10H2,1-2H3,(H,19,23)(H,20,22)/t14-,16+/m0/s1. The van der Waals surface area contributed by atoms with Crippen molar-refractivity contribution in [1.82, 2.24) is 10.2 Å². The molecule has 1 aromatic carbocycles. The zero-order valence-corrected chi connectivity index (χ0v) is 14.6. The summed E-state index contributed by atoms with van der Waals surface area (Å²) in [5.74, 6) is -0.643. The minimum Gasteiger partial charge on any atom is -0.354 e. The molecule has 126 valence electrons. The monoisotopic (exact) mass is 343 g/mol. The maximum Gasteiger partial charge on any atom is 0.228 e. The quantitative estimate of drug-likeness (QED) is 0.877. The van der Waals surface area contributed by atoms with Gasteiger partial charge in [0.05, 0.1) is 12.0 Å². The van der Waals surface area contributed by atoms with Crippen molar-refractivity contribution in [3.63, 3.8) is 0 Å². The summed E-state index contributed by atoms with van der Waals surface area (Å²) in [6, 6.07) is 9.68. The second-order valence-corrected chi connectivity index (χ2v) is 6.95.